The molecule has 2 aliphatic rings. The first-order chi connectivity index (χ1) is 13.4. The van der Waals surface area contributed by atoms with Gasteiger partial charge in [-0.25, -0.2) is 4.39 Å². The van der Waals surface area contributed by atoms with Crippen molar-refractivity contribution < 1.29 is 9.18 Å². The number of halogens is 1. The van der Waals surface area contributed by atoms with Gasteiger partial charge in [-0.05, 0) is 68.1 Å². The molecule has 2 fully saturated rings. The summed E-state index contributed by atoms with van der Waals surface area (Å²) in [6.45, 7) is 0. The minimum atomic E-state index is -0.392. The normalized spacial score (nSPS) is 24.1. The number of benzene rings is 2. The molecule has 0 radical (unpaired) electrons. The molecule has 1 amide bonds. The quantitative estimate of drug-likeness (QED) is 0.563. The van der Waals surface area contributed by atoms with Crippen LogP contribution in [0.25, 0.3) is 11.1 Å². The van der Waals surface area contributed by atoms with Gasteiger partial charge in [0, 0.05) is 29.4 Å². The number of hydrogen-bond donors (Lipinski definition) is 3. The Balaban J connectivity index is 1.50. The van der Waals surface area contributed by atoms with Crippen molar-refractivity contribution in [3.05, 3.63) is 53.8 Å². The van der Waals surface area contributed by atoms with Gasteiger partial charge < -0.3 is 16.0 Å². The van der Waals surface area contributed by atoms with E-state index in [1.165, 1.54) is 25.0 Å². The number of carbonyl (C=O) groups excluding carboxylic acids is 1. The van der Waals surface area contributed by atoms with Crippen LogP contribution in [-0.2, 0) is 4.79 Å². The molecule has 2 heterocycles. The van der Waals surface area contributed by atoms with Crippen molar-refractivity contribution in [2.75, 3.05) is 12.8 Å². The summed E-state index contributed by atoms with van der Waals surface area (Å²) in [4.78, 5) is 15.1. The number of piperidine rings is 1. The van der Waals surface area contributed by atoms with Gasteiger partial charge in [0.05, 0.1) is 0 Å². The highest BCUT2D eigenvalue weighted by Gasteiger charge is 2.39. The lowest BCUT2D eigenvalue weighted by molar-refractivity contribution is -0.115. The van der Waals surface area contributed by atoms with Crippen LogP contribution in [0.4, 0.5) is 10.1 Å². The summed E-state index contributed by atoms with van der Waals surface area (Å²) in [5.74, 6) is -0.699. The maximum atomic E-state index is 13.2. The Morgan fingerprint density at radius 2 is 1.71 bits per heavy atom. The predicted molar refractivity (Wildman–Crippen MR) is 109 cm³/mol. The second kappa shape index (κ2) is 7.36. The maximum Gasteiger partial charge on any atom is 0.270 e. The van der Waals surface area contributed by atoms with Crippen molar-refractivity contribution in [3.8, 4) is 11.1 Å². The van der Waals surface area contributed by atoms with E-state index in [1.54, 1.807) is 24.3 Å². The summed E-state index contributed by atoms with van der Waals surface area (Å²) >= 11 is 0. The maximum absolute atomic E-state index is 13.2. The number of anilines is 1. The fourth-order valence-corrected chi connectivity index (χ4v) is 4.50. The molecule has 28 heavy (non-hydrogen) atoms. The summed E-state index contributed by atoms with van der Waals surface area (Å²) in [7, 11) is 2.16. The average Bonchev–Trinajstić information content (AvgIpc) is 2.89. The fourth-order valence-electron chi connectivity index (χ4n) is 4.50. The second-order valence-electron chi connectivity index (χ2n) is 7.88. The van der Waals surface area contributed by atoms with Gasteiger partial charge in [-0.15, -0.1) is 0 Å². The van der Waals surface area contributed by atoms with E-state index in [0.29, 0.717) is 23.3 Å². The van der Waals surface area contributed by atoms with Crippen molar-refractivity contribution in [3.63, 3.8) is 0 Å². The molecule has 2 aromatic rings. The molecule has 0 aromatic heterocycles. The number of carbonyl (C=O) groups is 1. The molecule has 0 aliphatic carbocycles. The molecule has 2 atom stereocenters. The molecule has 0 spiro atoms. The largest absolute Gasteiger partial charge is 0.398 e. The number of nitrogen functional groups attached to an aromatic ring is 1. The van der Waals surface area contributed by atoms with Crippen molar-refractivity contribution in [2.45, 2.75) is 43.8 Å². The first kappa shape index (κ1) is 18.6. The Morgan fingerprint density at radius 1 is 1.11 bits per heavy atom. The molecule has 2 aromatic carbocycles. The van der Waals surface area contributed by atoms with E-state index >= 15 is 0 Å². The lowest BCUT2D eigenvalue weighted by Gasteiger charge is -2.36. The van der Waals surface area contributed by atoms with E-state index in [-0.39, 0.29) is 17.6 Å². The van der Waals surface area contributed by atoms with Gasteiger partial charge in [0.15, 0.2) is 0 Å². The first-order valence-electron chi connectivity index (χ1n) is 9.69. The molecule has 4 N–H and O–H groups in total. The Hall–Kier alpha value is -2.73. The number of nitrogens with two attached hydrogens (primary N) is 1. The standard InChI is InChI=1S/C22H25FN4O/c1-27-17-7-8-18(27)12-16(11-17)26-22(28)21(25)19-10-14(4-9-20(19)24)13-2-5-15(23)6-3-13/h2-6,9-10,16-18,25H,7-8,11-12,24H2,1H3,(H,26,28). The molecule has 2 bridgehead atoms. The van der Waals surface area contributed by atoms with Gasteiger partial charge in [-0.2, -0.15) is 0 Å². The van der Waals surface area contributed by atoms with Crippen LogP contribution >= 0.6 is 0 Å². The minimum absolute atomic E-state index is 0.100. The molecule has 146 valence electrons. The van der Waals surface area contributed by atoms with E-state index in [4.69, 9.17) is 11.1 Å². The number of nitrogens with one attached hydrogen (secondary N) is 2. The summed E-state index contributed by atoms with van der Waals surface area (Å²) in [6, 6.07) is 12.5. The van der Waals surface area contributed by atoms with Gasteiger partial charge in [0.2, 0.25) is 0 Å². The summed E-state index contributed by atoms with van der Waals surface area (Å²) in [5.41, 5.74) is 8.30. The number of amides is 1. The number of hydrogen-bond acceptors (Lipinski definition) is 4. The van der Waals surface area contributed by atoms with Crippen LogP contribution in [0, 0.1) is 11.2 Å². The Bertz CT molecular complexity index is 897. The third kappa shape index (κ3) is 3.52. The lowest BCUT2D eigenvalue weighted by Crippen LogP contribution is -2.50. The molecule has 4 rings (SSSR count). The summed E-state index contributed by atoms with van der Waals surface area (Å²) in [6.07, 6.45) is 4.21. The van der Waals surface area contributed by atoms with E-state index in [9.17, 15) is 9.18 Å². The molecule has 6 heteroatoms. The van der Waals surface area contributed by atoms with Crippen LogP contribution in [0.1, 0.15) is 31.2 Å². The van der Waals surface area contributed by atoms with Gasteiger partial charge in [-0.1, -0.05) is 18.2 Å². The fraction of sp³-hybridized carbons (Fsp3) is 0.364. The molecule has 2 saturated heterocycles. The predicted octanol–water partition coefficient (Wildman–Crippen LogP) is 3.18. The van der Waals surface area contributed by atoms with Crippen LogP contribution < -0.4 is 11.1 Å². The Morgan fingerprint density at radius 3 is 2.36 bits per heavy atom. The zero-order chi connectivity index (χ0) is 19.8. The van der Waals surface area contributed by atoms with Crippen LogP contribution in [0.3, 0.4) is 0 Å². The van der Waals surface area contributed by atoms with Gasteiger partial charge in [-0.3, -0.25) is 10.2 Å². The third-order valence-electron chi connectivity index (χ3n) is 6.16. The Labute approximate surface area is 164 Å². The van der Waals surface area contributed by atoms with Crippen molar-refractivity contribution in [1.29, 1.82) is 5.41 Å². The van der Waals surface area contributed by atoms with Crippen LogP contribution in [0.15, 0.2) is 42.5 Å². The second-order valence-corrected chi connectivity index (χ2v) is 7.88. The van der Waals surface area contributed by atoms with Crippen molar-refractivity contribution in [2.24, 2.45) is 0 Å². The van der Waals surface area contributed by atoms with E-state index in [2.05, 4.69) is 17.3 Å². The number of fused-ring (bicyclic) bond motifs is 2. The van der Waals surface area contributed by atoms with Gasteiger partial charge in [0.1, 0.15) is 11.5 Å². The third-order valence-corrected chi connectivity index (χ3v) is 6.16. The SMILES string of the molecule is CN1C2CCC1CC(NC(=O)C(=N)c1cc(-c3ccc(F)cc3)ccc1N)C2. The molecule has 2 unspecified atom stereocenters. The Kier molecular flexibility index (Phi) is 4.89. The molecular formula is C22H25FN4O. The smallest absolute Gasteiger partial charge is 0.270 e. The summed E-state index contributed by atoms with van der Waals surface area (Å²) < 4.78 is 13.2. The highest BCUT2D eigenvalue weighted by molar-refractivity contribution is 6.45. The molecule has 5 nitrogen and oxygen atoms in total. The van der Waals surface area contributed by atoms with E-state index in [1.807, 2.05) is 6.07 Å². The van der Waals surface area contributed by atoms with E-state index < -0.39 is 5.91 Å². The average molecular weight is 380 g/mol. The highest BCUT2D eigenvalue weighted by Crippen LogP contribution is 2.34. The van der Waals surface area contributed by atoms with Crippen LogP contribution in [0.5, 0.6) is 0 Å². The summed E-state index contributed by atoms with van der Waals surface area (Å²) in [5, 5.41) is 11.4. The van der Waals surface area contributed by atoms with Crippen LogP contribution in [0.2, 0.25) is 0 Å². The molecule has 2 aliphatic heterocycles. The van der Waals surface area contributed by atoms with E-state index in [0.717, 1.165) is 24.0 Å². The molecular weight excluding hydrogens is 355 g/mol. The van der Waals surface area contributed by atoms with Gasteiger partial charge >= 0.3 is 0 Å². The monoisotopic (exact) mass is 380 g/mol. The van der Waals surface area contributed by atoms with Gasteiger partial charge in [0.25, 0.3) is 5.91 Å². The lowest BCUT2D eigenvalue weighted by atomic mass is 9.96. The first-order valence-corrected chi connectivity index (χ1v) is 9.69. The zero-order valence-corrected chi connectivity index (χ0v) is 15.9. The van der Waals surface area contributed by atoms with Crippen molar-refractivity contribution in [1.82, 2.24) is 10.2 Å². The van der Waals surface area contributed by atoms with Crippen LogP contribution in [-0.4, -0.2) is 41.7 Å². The number of nitrogens with zero attached hydrogens (tertiary/aromatic N) is 1. The highest BCUT2D eigenvalue weighted by atomic mass is 19.1. The topological polar surface area (TPSA) is 82.2 Å². The molecule has 0 saturated carbocycles. The number of rotatable bonds is 4. The minimum Gasteiger partial charge on any atom is -0.398 e. The zero-order valence-electron chi connectivity index (χ0n) is 15.9. The van der Waals surface area contributed by atoms with Crippen molar-refractivity contribution >= 4 is 17.3 Å².